The Balaban J connectivity index is 1.97. The fourth-order valence-electron chi connectivity index (χ4n) is 3.11. The molecule has 0 unspecified atom stereocenters. The maximum Gasteiger partial charge on any atom is 0.325 e. The van der Waals surface area contributed by atoms with Crippen LogP contribution in [0.3, 0.4) is 0 Å². The van der Waals surface area contributed by atoms with E-state index in [0.717, 1.165) is 40.6 Å². The minimum Gasteiger partial charge on any atom is -0.468 e. The normalized spacial score (nSPS) is 11.8. The number of aryl methyl sites for hydroxylation is 2. The zero-order valence-electron chi connectivity index (χ0n) is 17.1. The molecular weight excluding hydrogens is 384 g/mol. The summed E-state index contributed by atoms with van der Waals surface area (Å²) < 4.78 is 7.62. The number of amides is 1. The first-order valence-electron chi connectivity index (χ1n) is 9.82. The number of esters is 1. The largest absolute Gasteiger partial charge is 0.468 e. The Labute approximate surface area is 174 Å². The van der Waals surface area contributed by atoms with Crippen molar-refractivity contribution in [1.29, 1.82) is 0 Å². The van der Waals surface area contributed by atoms with Gasteiger partial charge in [0.1, 0.15) is 6.54 Å². The minimum atomic E-state index is -0.368. The van der Waals surface area contributed by atoms with Gasteiger partial charge in [0.25, 0.3) is 5.91 Å². The number of benzene rings is 2. The average molecular weight is 411 g/mol. The average Bonchev–Trinajstić information content (AvgIpc) is 3.04. The van der Waals surface area contributed by atoms with Gasteiger partial charge in [0.15, 0.2) is 4.80 Å². The van der Waals surface area contributed by atoms with Crippen LogP contribution >= 0.6 is 11.3 Å². The number of methoxy groups -OCH3 is 1. The van der Waals surface area contributed by atoms with Crippen LogP contribution in [-0.2, 0) is 33.7 Å². The highest BCUT2D eigenvalue weighted by atomic mass is 32.1. The molecule has 3 rings (SSSR count). The smallest absolute Gasteiger partial charge is 0.325 e. The van der Waals surface area contributed by atoms with Crippen molar-refractivity contribution in [1.82, 2.24) is 4.57 Å². The molecule has 0 atom stereocenters. The van der Waals surface area contributed by atoms with Gasteiger partial charge in [-0.1, -0.05) is 60.6 Å². The van der Waals surface area contributed by atoms with Gasteiger partial charge in [0.05, 0.1) is 23.7 Å². The number of carbonyl (C=O) groups is 2. The van der Waals surface area contributed by atoms with E-state index in [9.17, 15) is 9.59 Å². The molecule has 5 nitrogen and oxygen atoms in total. The number of thiazole rings is 1. The Morgan fingerprint density at radius 3 is 2.52 bits per heavy atom. The van der Waals surface area contributed by atoms with Crippen molar-refractivity contribution >= 4 is 33.4 Å². The van der Waals surface area contributed by atoms with Gasteiger partial charge in [-0.05, 0) is 43.0 Å². The summed E-state index contributed by atoms with van der Waals surface area (Å²) in [6.45, 7) is 4.21. The first-order chi connectivity index (χ1) is 14.0. The standard InChI is InChI=1S/C23H26N2O3S/c1-4-5-6-17-11-12-19-20(13-17)29-23(25(19)15-22(27)28-3)24-21(26)14-18-9-7-16(2)8-10-18/h7-13H,4-6,14-15H2,1-3H3. The Kier molecular flexibility index (Phi) is 6.99. The molecule has 6 heteroatoms. The van der Waals surface area contributed by atoms with Crippen LogP contribution in [0.4, 0.5) is 0 Å². The summed E-state index contributed by atoms with van der Waals surface area (Å²) in [5.41, 5.74) is 4.22. The van der Waals surface area contributed by atoms with E-state index in [1.165, 1.54) is 24.0 Å². The number of nitrogens with zero attached hydrogens (tertiary/aromatic N) is 2. The number of ether oxygens (including phenoxy) is 1. The van der Waals surface area contributed by atoms with E-state index in [2.05, 4.69) is 24.0 Å². The first kappa shape index (κ1) is 21.0. The van der Waals surface area contributed by atoms with Gasteiger partial charge in [-0.3, -0.25) is 9.59 Å². The number of unbranched alkanes of at least 4 members (excludes halogenated alkanes) is 1. The van der Waals surface area contributed by atoms with Gasteiger partial charge in [-0.2, -0.15) is 4.99 Å². The van der Waals surface area contributed by atoms with E-state index in [-0.39, 0.29) is 24.8 Å². The lowest BCUT2D eigenvalue weighted by Gasteiger charge is -2.05. The topological polar surface area (TPSA) is 60.7 Å². The lowest BCUT2D eigenvalue weighted by atomic mass is 10.1. The van der Waals surface area contributed by atoms with Gasteiger partial charge >= 0.3 is 5.97 Å². The number of aromatic nitrogens is 1. The highest BCUT2D eigenvalue weighted by Crippen LogP contribution is 2.20. The van der Waals surface area contributed by atoms with Crippen LogP contribution < -0.4 is 4.80 Å². The number of hydrogen-bond acceptors (Lipinski definition) is 4. The van der Waals surface area contributed by atoms with Gasteiger partial charge in [-0.25, -0.2) is 0 Å². The van der Waals surface area contributed by atoms with E-state index < -0.39 is 0 Å². The maximum atomic E-state index is 12.6. The molecular formula is C23H26N2O3S. The van der Waals surface area contributed by atoms with Crippen LogP contribution in [0, 0.1) is 6.92 Å². The van der Waals surface area contributed by atoms with Crippen LogP contribution in [0.15, 0.2) is 47.5 Å². The second kappa shape index (κ2) is 9.65. The zero-order valence-corrected chi connectivity index (χ0v) is 17.9. The Morgan fingerprint density at radius 2 is 1.83 bits per heavy atom. The summed E-state index contributed by atoms with van der Waals surface area (Å²) in [5, 5.41) is 0. The highest BCUT2D eigenvalue weighted by molar-refractivity contribution is 7.16. The predicted octanol–water partition coefficient (Wildman–Crippen LogP) is 4.20. The molecule has 2 aromatic carbocycles. The van der Waals surface area contributed by atoms with Crippen molar-refractivity contribution in [2.24, 2.45) is 4.99 Å². The third kappa shape index (κ3) is 5.41. The first-order valence-corrected chi connectivity index (χ1v) is 10.6. The number of carbonyl (C=O) groups excluding carboxylic acids is 2. The second-order valence-corrected chi connectivity index (χ2v) is 8.13. The van der Waals surface area contributed by atoms with E-state index in [0.29, 0.717) is 4.80 Å². The summed E-state index contributed by atoms with van der Waals surface area (Å²) in [6.07, 6.45) is 3.51. The molecule has 152 valence electrons. The second-order valence-electron chi connectivity index (χ2n) is 7.12. The predicted molar refractivity (Wildman–Crippen MR) is 116 cm³/mol. The monoisotopic (exact) mass is 410 g/mol. The van der Waals surface area contributed by atoms with Crippen molar-refractivity contribution in [3.63, 3.8) is 0 Å². The quantitative estimate of drug-likeness (QED) is 0.549. The van der Waals surface area contributed by atoms with Crippen LogP contribution in [0.1, 0.15) is 36.5 Å². The van der Waals surface area contributed by atoms with Crippen LogP contribution in [0.2, 0.25) is 0 Å². The molecule has 0 saturated carbocycles. The Bertz CT molecular complexity index is 1080. The molecule has 29 heavy (non-hydrogen) atoms. The molecule has 0 bridgehead atoms. The zero-order chi connectivity index (χ0) is 20.8. The molecule has 0 aliphatic carbocycles. The molecule has 0 aliphatic heterocycles. The molecule has 3 aromatic rings. The van der Waals surface area contributed by atoms with Crippen molar-refractivity contribution in [2.45, 2.75) is 46.1 Å². The van der Waals surface area contributed by atoms with Crippen molar-refractivity contribution < 1.29 is 14.3 Å². The van der Waals surface area contributed by atoms with Crippen LogP contribution in [0.25, 0.3) is 10.2 Å². The molecule has 0 radical (unpaired) electrons. The fourth-order valence-corrected chi connectivity index (χ4v) is 4.22. The van der Waals surface area contributed by atoms with Crippen LogP contribution in [-0.4, -0.2) is 23.6 Å². The molecule has 1 heterocycles. The lowest BCUT2D eigenvalue weighted by Crippen LogP contribution is -2.22. The van der Waals surface area contributed by atoms with Gasteiger partial charge in [0.2, 0.25) is 0 Å². The summed E-state index contributed by atoms with van der Waals surface area (Å²) in [5.74, 6) is -0.600. The molecule has 0 fully saturated rings. The van der Waals surface area contributed by atoms with Crippen molar-refractivity contribution in [3.8, 4) is 0 Å². The summed E-state index contributed by atoms with van der Waals surface area (Å²) >= 11 is 1.43. The Morgan fingerprint density at radius 1 is 1.10 bits per heavy atom. The van der Waals surface area contributed by atoms with E-state index in [1.807, 2.05) is 37.3 Å². The number of rotatable bonds is 7. The lowest BCUT2D eigenvalue weighted by molar-refractivity contribution is -0.141. The SMILES string of the molecule is CCCCc1ccc2c(c1)sc(=NC(=O)Cc1ccc(C)cc1)n2CC(=O)OC. The molecule has 1 amide bonds. The molecule has 0 spiro atoms. The number of hydrogen-bond donors (Lipinski definition) is 0. The molecule has 0 saturated heterocycles. The summed E-state index contributed by atoms with van der Waals surface area (Å²) in [7, 11) is 1.36. The van der Waals surface area contributed by atoms with E-state index in [4.69, 9.17) is 4.74 Å². The highest BCUT2D eigenvalue weighted by Gasteiger charge is 2.12. The maximum absolute atomic E-state index is 12.6. The molecule has 1 aromatic heterocycles. The number of fused-ring (bicyclic) bond motifs is 1. The molecule has 0 N–H and O–H groups in total. The fraction of sp³-hybridized carbons (Fsp3) is 0.348. The molecule has 0 aliphatic rings. The van der Waals surface area contributed by atoms with Crippen molar-refractivity contribution in [2.75, 3.05) is 7.11 Å². The van der Waals surface area contributed by atoms with E-state index in [1.54, 1.807) is 4.57 Å². The summed E-state index contributed by atoms with van der Waals surface area (Å²) in [4.78, 5) is 29.3. The van der Waals surface area contributed by atoms with E-state index >= 15 is 0 Å². The third-order valence-electron chi connectivity index (χ3n) is 4.78. The minimum absolute atomic E-state index is 0.0292. The van der Waals surface area contributed by atoms with Gasteiger partial charge in [-0.15, -0.1) is 0 Å². The summed E-state index contributed by atoms with van der Waals surface area (Å²) in [6, 6.07) is 14.1. The van der Waals surface area contributed by atoms with Gasteiger partial charge in [0, 0.05) is 0 Å². The Hall–Kier alpha value is -2.73. The van der Waals surface area contributed by atoms with Crippen molar-refractivity contribution in [3.05, 3.63) is 64.0 Å². The van der Waals surface area contributed by atoms with Crippen LogP contribution in [0.5, 0.6) is 0 Å². The third-order valence-corrected chi connectivity index (χ3v) is 5.82. The van der Waals surface area contributed by atoms with Gasteiger partial charge < -0.3 is 9.30 Å².